The SMILES string of the molecule is [c]1ccc(-n2c(-c3cnccn3)nc3ccc(-c4cccc(N5CCOCC5)c4)nc32)cc1. The van der Waals surface area contributed by atoms with Gasteiger partial charge in [0.1, 0.15) is 11.2 Å². The summed E-state index contributed by atoms with van der Waals surface area (Å²) in [5.41, 5.74) is 6.36. The van der Waals surface area contributed by atoms with Gasteiger partial charge in [0.05, 0.1) is 25.1 Å². The highest BCUT2D eigenvalue weighted by molar-refractivity contribution is 5.82. The van der Waals surface area contributed by atoms with Crippen molar-refractivity contribution in [2.75, 3.05) is 31.2 Å². The molecule has 0 spiro atoms. The number of anilines is 1. The lowest BCUT2D eigenvalue weighted by Crippen LogP contribution is -2.36. The lowest BCUT2D eigenvalue weighted by Gasteiger charge is -2.29. The number of fused-ring (bicyclic) bond motifs is 1. The molecule has 0 N–H and O–H groups in total. The van der Waals surface area contributed by atoms with Gasteiger partial charge in [0.15, 0.2) is 11.5 Å². The lowest BCUT2D eigenvalue weighted by molar-refractivity contribution is 0.122. The van der Waals surface area contributed by atoms with Crippen LogP contribution in [0.5, 0.6) is 0 Å². The van der Waals surface area contributed by atoms with E-state index in [1.165, 1.54) is 5.69 Å². The Bertz CT molecular complexity index is 1390. The Labute approximate surface area is 191 Å². The van der Waals surface area contributed by atoms with Crippen molar-refractivity contribution in [3.05, 3.63) is 85.3 Å². The molecule has 5 aromatic rings. The first kappa shape index (κ1) is 19.6. The maximum atomic E-state index is 5.50. The second-order valence-corrected chi connectivity index (χ2v) is 7.81. The van der Waals surface area contributed by atoms with Gasteiger partial charge in [-0.1, -0.05) is 24.3 Å². The van der Waals surface area contributed by atoms with Gasteiger partial charge in [0, 0.05) is 42.4 Å². The minimum atomic E-state index is 0.694. The summed E-state index contributed by atoms with van der Waals surface area (Å²) in [7, 11) is 0. The van der Waals surface area contributed by atoms with Crippen molar-refractivity contribution in [1.29, 1.82) is 0 Å². The first-order chi connectivity index (χ1) is 16.4. The Hall–Kier alpha value is -4.10. The highest BCUT2D eigenvalue weighted by Crippen LogP contribution is 2.30. The molecule has 4 heterocycles. The first-order valence-corrected chi connectivity index (χ1v) is 10.9. The standard InChI is InChI=1S/C26H21N6O/c1-2-6-20(7-3-1)32-25-23(30-26(32)24-18-27-11-12-28-24)10-9-22(29-25)19-5-4-8-21(17-19)31-13-15-33-16-14-31/h2-12,17-18H,13-16H2. The van der Waals surface area contributed by atoms with Gasteiger partial charge in [-0.2, -0.15) is 0 Å². The Morgan fingerprint density at radius 3 is 2.55 bits per heavy atom. The molecule has 1 radical (unpaired) electrons. The molecule has 1 saturated heterocycles. The number of aromatic nitrogens is 5. The molecule has 0 bridgehead atoms. The van der Waals surface area contributed by atoms with E-state index in [1.54, 1.807) is 18.6 Å². The second kappa shape index (κ2) is 8.44. The molecular formula is C26H21N6O. The molecule has 0 amide bonds. The third kappa shape index (κ3) is 3.72. The van der Waals surface area contributed by atoms with E-state index >= 15 is 0 Å². The van der Waals surface area contributed by atoms with Gasteiger partial charge in [-0.3, -0.25) is 9.55 Å². The van der Waals surface area contributed by atoms with Crippen LogP contribution in [-0.4, -0.2) is 50.8 Å². The predicted octanol–water partition coefficient (Wildman–Crippen LogP) is 4.18. The van der Waals surface area contributed by atoms with Crippen LogP contribution >= 0.6 is 0 Å². The summed E-state index contributed by atoms with van der Waals surface area (Å²) in [6.45, 7) is 3.31. The van der Waals surface area contributed by atoms with Crippen molar-refractivity contribution in [3.8, 4) is 28.5 Å². The average molecular weight is 433 g/mol. The van der Waals surface area contributed by atoms with Crippen LogP contribution < -0.4 is 4.90 Å². The number of nitrogens with zero attached hydrogens (tertiary/aromatic N) is 6. The number of imidazole rings is 1. The van der Waals surface area contributed by atoms with Gasteiger partial charge in [-0.05, 0) is 42.5 Å². The molecule has 0 aliphatic carbocycles. The summed E-state index contributed by atoms with van der Waals surface area (Å²) >= 11 is 0. The summed E-state index contributed by atoms with van der Waals surface area (Å²) < 4.78 is 7.53. The third-order valence-corrected chi connectivity index (χ3v) is 5.77. The van der Waals surface area contributed by atoms with E-state index < -0.39 is 0 Å². The Kier molecular flexibility index (Phi) is 5.01. The number of morpholine rings is 1. The minimum Gasteiger partial charge on any atom is -0.378 e. The van der Waals surface area contributed by atoms with Crippen molar-refractivity contribution in [1.82, 2.24) is 24.5 Å². The predicted molar refractivity (Wildman–Crippen MR) is 127 cm³/mol. The minimum absolute atomic E-state index is 0.694. The number of hydrogen-bond donors (Lipinski definition) is 0. The molecule has 2 aromatic carbocycles. The van der Waals surface area contributed by atoms with E-state index in [2.05, 4.69) is 45.2 Å². The molecule has 0 saturated carbocycles. The Morgan fingerprint density at radius 1 is 0.848 bits per heavy atom. The highest BCUT2D eigenvalue weighted by Gasteiger charge is 2.18. The van der Waals surface area contributed by atoms with Crippen molar-refractivity contribution < 1.29 is 4.74 Å². The third-order valence-electron chi connectivity index (χ3n) is 5.77. The van der Waals surface area contributed by atoms with E-state index in [0.717, 1.165) is 54.4 Å². The van der Waals surface area contributed by atoms with Crippen molar-refractivity contribution >= 4 is 16.9 Å². The normalized spacial score (nSPS) is 14.0. The van der Waals surface area contributed by atoms with E-state index in [4.69, 9.17) is 14.7 Å². The summed E-state index contributed by atoms with van der Waals surface area (Å²) in [5.74, 6) is 0.705. The van der Waals surface area contributed by atoms with Crippen LogP contribution in [0.25, 0.3) is 39.6 Å². The van der Waals surface area contributed by atoms with Crippen LogP contribution in [0, 0.1) is 6.07 Å². The first-order valence-electron chi connectivity index (χ1n) is 10.9. The van der Waals surface area contributed by atoms with Gasteiger partial charge in [0.2, 0.25) is 0 Å². The molecule has 7 nitrogen and oxygen atoms in total. The molecule has 1 aliphatic rings. The molecule has 3 aromatic heterocycles. The molecule has 0 unspecified atom stereocenters. The topological polar surface area (TPSA) is 69.0 Å². The number of ether oxygens (including phenoxy) is 1. The molecule has 161 valence electrons. The zero-order chi connectivity index (χ0) is 22.0. The number of rotatable bonds is 4. The molecular weight excluding hydrogens is 412 g/mol. The van der Waals surface area contributed by atoms with Crippen LogP contribution in [0.1, 0.15) is 0 Å². The van der Waals surface area contributed by atoms with Crippen molar-refractivity contribution in [2.24, 2.45) is 0 Å². The second-order valence-electron chi connectivity index (χ2n) is 7.81. The Morgan fingerprint density at radius 2 is 1.73 bits per heavy atom. The van der Waals surface area contributed by atoms with Crippen LogP contribution in [0.2, 0.25) is 0 Å². The lowest BCUT2D eigenvalue weighted by atomic mass is 10.1. The molecule has 6 rings (SSSR count). The highest BCUT2D eigenvalue weighted by atomic mass is 16.5. The van der Waals surface area contributed by atoms with E-state index in [-0.39, 0.29) is 0 Å². The van der Waals surface area contributed by atoms with Crippen LogP contribution in [-0.2, 0) is 4.74 Å². The summed E-state index contributed by atoms with van der Waals surface area (Å²) in [6, 6.07) is 23.4. The number of hydrogen-bond acceptors (Lipinski definition) is 6. The van der Waals surface area contributed by atoms with Crippen LogP contribution in [0.3, 0.4) is 0 Å². The number of pyridine rings is 1. The van der Waals surface area contributed by atoms with E-state index in [0.29, 0.717) is 11.5 Å². The average Bonchev–Trinajstić information content (AvgIpc) is 3.29. The van der Waals surface area contributed by atoms with Gasteiger partial charge in [0.25, 0.3) is 0 Å². The largest absolute Gasteiger partial charge is 0.378 e. The molecule has 1 fully saturated rings. The quantitative estimate of drug-likeness (QED) is 0.424. The van der Waals surface area contributed by atoms with Crippen molar-refractivity contribution in [3.63, 3.8) is 0 Å². The zero-order valence-corrected chi connectivity index (χ0v) is 17.9. The fraction of sp³-hybridized carbons (Fsp3) is 0.154. The summed E-state index contributed by atoms with van der Waals surface area (Å²) in [5, 5.41) is 0. The van der Waals surface area contributed by atoms with E-state index in [9.17, 15) is 0 Å². The zero-order valence-electron chi connectivity index (χ0n) is 17.9. The van der Waals surface area contributed by atoms with E-state index in [1.807, 2.05) is 41.0 Å². The molecule has 33 heavy (non-hydrogen) atoms. The summed E-state index contributed by atoms with van der Waals surface area (Å²) in [6.07, 6.45) is 5.05. The van der Waals surface area contributed by atoms with Gasteiger partial charge >= 0.3 is 0 Å². The fourth-order valence-corrected chi connectivity index (χ4v) is 4.16. The molecule has 7 heteroatoms. The van der Waals surface area contributed by atoms with Crippen LogP contribution in [0.15, 0.2) is 79.3 Å². The fourth-order valence-electron chi connectivity index (χ4n) is 4.16. The van der Waals surface area contributed by atoms with Gasteiger partial charge in [-0.25, -0.2) is 15.0 Å². The van der Waals surface area contributed by atoms with Crippen molar-refractivity contribution in [2.45, 2.75) is 0 Å². The maximum absolute atomic E-state index is 5.50. The smallest absolute Gasteiger partial charge is 0.167 e. The maximum Gasteiger partial charge on any atom is 0.167 e. The summed E-state index contributed by atoms with van der Waals surface area (Å²) in [4.78, 5) is 21.0. The number of benzene rings is 2. The van der Waals surface area contributed by atoms with Gasteiger partial charge in [-0.15, -0.1) is 0 Å². The monoisotopic (exact) mass is 433 g/mol. The van der Waals surface area contributed by atoms with Gasteiger partial charge < -0.3 is 9.64 Å². The Balaban J connectivity index is 1.50. The molecule has 0 atom stereocenters. The molecule has 1 aliphatic heterocycles. The van der Waals surface area contributed by atoms with Crippen LogP contribution in [0.4, 0.5) is 5.69 Å².